The first kappa shape index (κ1) is 15.4. The van der Waals surface area contributed by atoms with Crippen LogP contribution in [0, 0.1) is 0 Å². The van der Waals surface area contributed by atoms with Crippen molar-refractivity contribution in [3.05, 3.63) is 29.8 Å². The number of hydrogen-bond donors (Lipinski definition) is 1. The predicted octanol–water partition coefficient (Wildman–Crippen LogP) is 2.24. The van der Waals surface area contributed by atoms with Crippen LogP contribution in [0.25, 0.3) is 0 Å². The summed E-state index contributed by atoms with van der Waals surface area (Å²) in [7, 11) is 1.71. The Labute approximate surface area is 110 Å². The van der Waals surface area contributed by atoms with E-state index in [0.717, 1.165) is 5.56 Å². The molecule has 0 aliphatic carbocycles. The maximum Gasteiger partial charge on any atom is 0.320 e. The lowest BCUT2D eigenvalue weighted by atomic mass is 10.2. The van der Waals surface area contributed by atoms with E-state index >= 15 is 0 Å². The summed E-state index contributed by atoms with van der Waals surface area (Å²) in [6.07, 6.45) is -2.50. The van der Waals surface area contributed by atoms with Gasteiger partial charge in [0.2, 0.25) is 0 Å². The quantitative estimate of drug-likeness (QED) is 0.827. The maximum absolute atomic E-state index is 11.9. The Morgan fingerprint density at radius 3 is 2.42 bits per heavy atom. The van der Waals surface area contributed by atoms with Crippen molar-refractivity contribution in [2.24, 2.45) is 0 Å². The lowest BCUT2D eigenvalue weighted by molar-refractivity contribution is -0.142. The molecule has 1 unspecified atom stereocenters. The normalized spacial score (nSPS) is 12.7. The Morgan fingerprint density at radius 1 is 1.37 bits per heavy atom. The van der Waals surface area contributed by atoms with Crippen molar-refractivity contribution in [3.8, 4) is 5.75 Å². The van der Waals surface area contributed by atoms with E-state index in [9.17, 15) is 13.6 Å². The highest BCUT2D eigenvalue weighted by Crippen LogP contribution is 2.15. The lowest BCUT2D eigenvalue weighted by Crippen LogP contribution is -2.35. The van der Waals surface area contributed by atoms with E-state index in [-0.39, 0.29) is 0 Å². The standard InChI is InChI=1S/C13H17F2NO3/c1-9(13(17)18)16(2)7-10-3-5-11(6-4-10)19-8-12(14)15/h3-6,9,12H,7-8H2,1-2H3,(H,17,18). The van der Waals surface area contributed by atoms with Crippen molar-refractivity contribution < 1.29 is 23.4 Å². The van der Waals surface area contributed by atoms with Crippen molar-refractivity contribution in [1.29, 1.82) is 0 Å². The Morgan fingerprint density at radius 2 is 1.95 bits per heavy atom. The molecule has 1 rings (SSSR count). The highest BCUT2D eigenvalue weighted by Gasteiger charge is 2.16. The fourth-order valence-electron chi connectivity index (χ4n) is 1.46. The molecule has 0 aliphatic heterocycles. The van der Waals surface area contributed by atoms with E-state index in [1.165, 1.54) is 0 Å². The molecule has 0 aromatic heterocycles. The van der Waals surface area contributed by atoms with Crippen molar-refractivity contribution >= 4 is 5.97 Å². The summed E-state index contributed by atoms with van der Waals surface area (Å²) in [5.41, 5.74) is 0.889. The number of carbonyl (C=O) groups is 1. The zero-order chi connectivity index (χ0) is 14.4. The molecule has 19 heavy (non-hydrogen) atoms. The molecule has 1 atom stereocenters. The molecule has 0 amide bonds. The fraction of sp³-hybridized carbons (Fsp3) is 0.462. The smallest absolute Gasteiger partial charge is 0.320 e. The van der Waals surface area contributed by atoms with Gasteiger partial charge in [-0.25, -0.2) is 8.78 Å². The molecule has 106 valence electrons. The maximum atomic E-state index is 11.9. The zero-order valence-corrected chi connectivity index (χ0v) is 10.8. The van der Waals surface area contributed by atoms with E-state index in [0.29, 0.717) is 12.3 Å². The zero-order valence-electron chi connectivity index (χ0n) is 10.8. The van der Waals surface area contributed by atoms with Crippen LogP contribution in [0.5, 0.6) is 5.75 Å². The molecule has 0 aliphatic rings. The lowest BCUT2D eigenvalue weighted by Gasteiger charge is -2.21. The van der Waals surface area contributed by atoms with Gasteiger partial charge in [0.1, 0.15) is 18.4 Å². The topological polar surface area (TPSA) is 49.8 Å². The number of likely N-dealkylation sites (N-methyl/N-ethyl adjacent to an activating group) is 1. The summed E-state index contributed by atoms with van der Waals surface area (Å²) in [4.78, 5) is 12.5. The van der Waals surface area contributed by atoms with Crippen molar-refractivity contribution in [3.63, 3.8) is 0 Å². The molecule has 0 saturated heterocycles. The number of rotatable bonds is 7. The van der Waals surface area contributed by atoms with Crippen LogP contribution in [0.4, 0.5) is 8.78 Å². The highest BCUT2D eigenvalue weighted by atomic mass is 19.3. The van der Waals surface area contributed by atoms with E-state index in [1.807, 2.05) is 0 Å². The van der Waals surface area contributed by atoms with Crippen LogP contribution in [0.15, 0.2) is 24.3 Å². The van der Waals surface area contributed by atoms with Crippen LogP contribution in [0.3, 0.4) is 0 Å². The minimum atomic E-state index is -2.50. The van der Waals surface area contributed by atoms with Gasteiger partial charge in [0.05, 0.1) is 0 Å². The second-order valence-corrected chi connectivity index (χ2v) is 4.28. The minimum absolute atomic E-state index is 0.373. The molecule has 1 N–H and O–H groups in total. The number of carboxylic acids is 1. The largest absolute Gasteiger partial charge is 0.488 e. The van der Waals surface area contributed by atoms with Gasteiger partial charge in [-0.2, -0.15) is 0 Å². The van der Waals surface area contributed by atoms with Gasteiger partial charge in [-0.3, -0.25) is 9.69 Å². The average Bonchev–Trinajstić information content (AvgIpc) is 2.36. The minimum Gasteiger partial charge on any atom is -0.488 e. The van der Waals surface area contributed by atoms with Crippen molar-refractivity contribution in [2.45, 2.75) is 25.9 Å². The SMILES string of the molecule is CC(C(=O)O)N(C)Cc1ccc(OCC(F)F)cc1. The number of aliphatic carboxylic acids is 1. The summed E-state index contributed by atoms with van der Waals surface area (Å²) in [5, 5.41) is 8.86. The number of nitrogens with zero attached hydrogens (tertiary/aromatic N) is 1. The molecule has 0 saturated carbocycles. The van der Waals surface area contributed by atoms with E-state index < -0.39 is 25.0 Å². The molecule has 0 heterocycles. The summed E-state index contributed by atoms with van der Waals surface area (Å²) >= 11 is 0. The molecule has 0 spiro atoms. The number of hydrogen-bond acceptors (Lipinski definition) is 3. The first-order chi connectivity index (χ1) is 8.90. The van der Waals surface area contributed by atoms with Crippen LogP contribution in [-0.2, 0) is 11.3 Å². The molecule has 1 aromatic carbocycles. The first-order valence-electron chi connectivity index (χ1n) is 5.83. The summed E-state index contributed by atoms with van der Waals surface area (Å²) in [5.74, 6) is -0.516. The molecule has 0 bridgehead atoms. The third-order valence-corrected chi connectivity index (χ3v) is 2.75. The monoisotopic (exact) mass is 273 g/mol. The van der Waals surface area contributed by atoms with Crippen LogP contribution < -0.4 is 4.74 Å². The van der Waals surface area contributed by atoms with Gasteiger partial charge in [-0.15, -0.1) is 0 Å². The van der Waals surface area contributed by atoms with E-state index in [2.05, 4.69) is 0 Å². The molecule has 0 fully saturated rings. The Hall–Kier alpha value is -1.69. The third-order valence-electron chi connectivity index (χ3n) is 2.75. The van der Waals surface area contributed by atoms with Gasteiger partial charge in [0.15, 0.2) is 0 Å². The van der Waals surface area contributed by atoms with Gasteiger partial charge in [0, 0.05) is 6.54 Å². The van der Waals surface area contributed by atoms with Crippen LogP contribution in [0.1, 0.15) is 12.5 Å². The second-order valence-electron chi connectivity index (χ2n) is 4.28. The Kier molecular flexibility index (Phi) is 5.69. The van der Waals surface area contributed by atoms with Gasteiger partial charge in [-0.1, -0.05) is 12.1 Å². The van der Waals surface area contributed by atoms with Gasteiger partial charge >= 0.3 is 5.97 Å². The second kappa shape index (κ2) is 7.04. The highest BCUT2D eigenvalue weighted by molar-refractivity contribution is 5.72. The van der Waals surface area contributed by atoms with Crippen molar-refractivity contribution in [1.82, 2.24) is 4.90 Å². The Balaban J connectivity index is 2.54. The van der Waals surface area contributed by atoms with Gasteiger partial charge in [-0.05, 0) is 31.7 Å². The summed E-state index contributed by atoms with van der Waals surface area (Å²) < 4.78 is 28.8. The van der Waals surface area contributed by atoms with Gasteiger partial charge < -0.3 is 9.84 Å². The number of carboxylic acid groups (broad SMARTS) is 1. The predicted molar refractivity (Wildman–Crippen MR) is 66.5 cm³/mol. The molecule has 4 nitrogen and oxygen atoms in total. The molecule has 1 aromatic rings. The van der Waals surface area contributed by atoms with Crippen LogP contribution in [-0.4, -0.2) is 42.1 Å². The van der Waals surface area contributed by atoms with E-state index in [1.54, 1.807) is 43.1 Å². The summed E-state index contributed by atoms with van der Waals surface area (Å²) in [6.45, 7) is 1.43. The fourth-order valence-corrected chi connectivity index (χ4v) is 1.46. The number of alkyl halides is 2. The number of ether oxygens (including phenoxy) is 1. The average molecular weight is 273 g/mol. The molecular formula is C13H17F2NO3. The van der Waals surface area contributed by atoms with Crippen molar-refractivity contribution in [2.75, 3.05) is 13.7 Å². The van der Waals surface area contributed by atoms with Crippen LogP contribution in [0.2, 0.25) is 0 Å². The number of benzene rings is 1. The first-order valence-corrected chi connectivity index (χ1v) is 5.83. The third kappa shape index (κ3) is 5.21. The summed E-state index contributed by atoms with van der Waals surface area (Å²) in [6, 6.07) is 6.06. The Bertz CT molecular complexity index is 409. The van der Waals surface area contributed by atoms with Crippen LogP contribution >= 0.6 is 0 Å². The molecule has 6 heteroatoms. The van der Waals surface area contributed by atoms with Gasteiger partial charge in [0.25, 0.3) is 6.43 Å². The van der Waals surface area contributed by atoms with E-state index in [4.69, 9.17) is 9.84 Å². The molecular weight excluding hydrogens is 256 g/mol. The molecule has 0 radical (unpaired) electrons. The number of halogens is 2.